The van der Waals surface area contributed by atoms with Gasteiger partial charge in [-0.05, 0) is 0 Å². The molecule has 1 aliphatic rings. The number of carbonyl (C=O) groups is 2. The van der Waals surface area contributed by atoms with Gasteiger partial charge in [-0.1, -0.05) is 0 Å². The quantitative estimate of drug-likeness (QED) is 0.381. The fraction of sp³-hybridized carbons (Fsp3) is 0.200. The summed E-state index contributed by atoms with van der Waals surface area (Å²) < 4.78 is 50.8. The molecule has 160 valence electrons. The summed E-state index contributed by atoms with van der Waals surface area (Å²) in [5.41, 5.74) is -0.733. The van der Waals surface area contributed by atoms with Crippen LogP contribution in [-0.2, 0) is 16.1 Å². The maximum atomic E-state index is 14.6. The lowest BCUT2D eigenvalue weighted by Gasteiger charge is -2.20. The first-order valence-corrected chi connectivity index (χ1v) is 10.1. The molecular formula is C15H14F2N6O5S2. The molecule has 11 nitrogen and oxygen atoms in total. The second kappa shape index (κ2) is 9.10. The Hall–Kier alpha value is -3.17. The molecule has 15 heteroatoms. The highest BCUT2D eigenvalue weighted by Crippen LogP contribution is 2.36. The summed E-state index contributed by atoms with van der Waals surface area (Å²) in [5, 5.41) is 16.5. The number of carboxylic acids is 1. The minimum atomic E-state index is -2.93. The first kappa shape index (κ1) is 21.5. The average molecular weight is 460 g/mol. The largest absolute Gasteiger partial charge is 0.476 e. The van der Waals surface area contributed by atoms with Gasteiger partial charge in [0.15, 0.2) is 11.7 Å². The highest BCUT2D eigenvalue weighted by molar-refractivity contribution is 7.81. The van der Waals surface area contributed by atoms with E-state index in [2.05, 4.69) is 25.9 Å². The Balaban J connectivity index is 1.83. The summed E-state index contributed by atoms with van der Waals surface area (Å²) in [6.45, 7) is 0.916. The monoisotopic (exact) mass is 460 g/mol. The molecule has 0 radical (unpaired) electrons. The Morgan fingerprint density at radius 3 is 2.73 bits per heavy atom. The zero-order chi connectivity index (χ0) is 21.8. The SMILES string of the molecule is O=C(CNC1=NCCN1)Nc1cc(F)c(N(c2scnc2C(=O)O)S(=O)O)cc1F. The molecule has 0 spiro atoms. The third kappa shape index (κ3) is 4.69. The Kier molecular flexibility index (Phi) is 6.53. The number of carbonyl (C=O) groups excluding carboxylic acids is 1. The first-order chi connectivity index (χ1) is 14.3. The van der Waals surface area contributed by atoms with Crippen molar-refractivity contribution in [2.45, 2.75) is 0 Å². The van der Waals surface area contributed by atoms with Crippen molar-refractivity contribution in [3.05, 3.63) is 35.0 Å². The van der Waals surface area contributed by atoms with Crippen LogP contribution in [0.15, 0.2) is 22.6 Å². The molecule has 0 saturated heterocycles. The lowest BCUT2D eigenvalue weighted by atomic mass is 10.2. The second-order valence-corrected chi connectivity index (χ2v) is 7.34. The summed E-state index contributed by atoms with van der Waals surface area (Å²) in [6, 6.07) is 1.19. The maximum Gasteiger partial charge on any atom is 0.357 e. The van der Waals surface area contributed by atoms with Crippen LogP contribution < -0.4 is 20.3 Å². The number of rotatable bonds is 7. The van der Waals surface area contributed by atoms with Gasteiger partial charge in [0.25, 0.3) is 11.3 Å². The van der Waals surface area contributed by atoms with Gasteiger partial charge in [-0.15, -0.1) is 11.3 Å². The lowest BCUT2D eigenvalue weighted by Crippen LogP contribution is -2.39. The summed E-state index contributed by atoms with van der Waals surface area (Å²) in [7, 11) is 0. The number of aliphatic imine (C=N–C) groups is 1. The molecule has 0 bridgehead atoms. The summed E-state index contributed by atoms with van der Waals surface area (Å²) >= 11 is -2.28. The maximum absolute atomic E-state index is 14.6. The number of guanidine groups is 1. The zero-order valence-corrected chi connectivity index (χ0v) is 16.5. The molecule has 1 aromatic heterocycles. The van der Waals surface area contributed by atoms with Crippen molar-refractivity contribution in [1.82, 2.24) is 15.6 Å². The fourth-order valence-electron chi connectivity index (χ4n) is 2.46. The number of carboxylic acid groups (broad SMARTS) is 1. The molecule has 1 unspecified atom stereocenters. The minimum Gasteiger partial charge on any atom is -0.476 e. The number of hydrogen-bond donors (Lipinski definition) is 5. The predicted octanol–water partition coefficient (Wildman–Crippen LogP) is 0.882. The van der Waals surface area contributed by atoms with E-state index in [0.29, 0.717) is 46.8 Å². The molecule has 0 aliphatic carbocycles. The third-order valence-electron chi connectivity index (χ3n) is 3.71. The molecule has 5 N–H and O–H groups in total. The van der Waals surface area contributed by atoms with Crippen molar-refractivity contribution in [3.63, 3.8) is 0 Å². The van der Waals surface area contributed by atoms with Crippen LogP contribution in [0.4, 0.5) is 25.2 Å². The summed E-state index contributed by atoms with van der Waals surface area (Å²) in [6.07, 6.45) is 0. The molecule has 1 atom stereocenters. The van der Waals surface area contributed by atoms with E-state index in [1.54, 1.807) is 0 Å². The van der Waals surface area contributed by atoms with E-state index in [1.165, 1.54) is 0 Å². The van der Waals surface area contributed by atoms with Gasteiger partial charge in [-0.2, -0.15) is 0 Å². The molecule has 1 aromatic carbocycles. The van der Waals surface area contributed by atoms with Crippen molar-refractivity contribution in [2.75, 3.05) is 29.3 Å². The van der Waals surface area contributed by atoms with Crippen molar-refractivity contribution in [2.24, 2.45) is 4.99 Å². The van der Waals surface area contributed by atoms with Crippen LogP contribution in [-0.4, -0.2) is 56.3 Å². The zero-order valence-electron chi connectivity index (χ0n) is 14.9. The molecule has 0 saturated carbocycles. The van der Waals surface area contributed by atoms with Gasteiger partial charge in [0.05, 0.1) is 30.0 Å². The van der Waals surface area contributed by atoms with Crippen LogP contribution in [0.3, 0.4) is 0 Å². The predicted molar refractivity (Wildman–Crippen MR) is 105 cm³/mol. The smallest absolute Gasteiger partial charge is 0.357 e. The normalized spacial score (nSPS) is 13.9. The van der Waals surface area contributed by atoms with Crippen LogP contribution >= 0.6 is 11.3 Å². The number of nitrogens with one attached hydrogen (secondary N) is 3. The number of halogens is 2. The minimum absolute atomic E-state index is 0.260. The summed E-state index contributed by atoms with van der Waals surface area (Å²) in [5.74, 6) is -4.07. The van der Waals surface area contributed by atoms with Gasteiger partial charge in [0.1, 0.15) is 16.6 Å². The second-order valence-electron chi connectivity index (χ2n) is 5.68. The highest BCUT2D eigenvalue weighted by Gasteiger charge is 2.28. The van der Waals surface area contributed by atoms with E-state index in [-0.39, 0.29) is 11.5 Å². The van der Waals surface area contributed by atoms with Crippen molar-refractivity contribution in [3.8, 4) is 0 Å². The molecule has 2 heterocycles. The van der Waals surface area contributed by atoms with Gasteiger partial charge in [-0.3, -0.25) is 14.3 Å². The van der Waals surface area contributed by atoms with Crippen LogP contribution in [0.2, 0.25) is 0 Å². The molecule has 0 fully saturated rings. The molecule has 1 aliphatic heterocycles. The molecule has 1 amide bonds. The van der Waals surface area contributed by atoms with Crippen LogP contribution in [0, 0.1) is 11.6 Å². The number of aromatic nitrogens is 1. The van der Waals surface area contributed by atoms with E-state index in [0.717, 1.165) is 5.51 Å². The van der Waals surface area contributed by atoms with Crippen molar-refractivity contribution >= 4 is 56.8 Å². The molecular weight excluding hydrogens is 446 g/mol. The first-order valence-electron chi connectivity index (χ1n) is 8.17. The van der Waals surface area contributed by atoms with Gasteiger partial charge in [0.2, 0.25) is 5.91 Å². The standard InChI is InChI=1S/C15H14F2N6O5S2/c16-7-4-10(23(30(27)28)13-12(14(25)26)21-6-29-13)8(17)3-9(7)22-11(24)5-20-15-18-1-2-19-15/h3-4,6H,1-2,5H2,(H,22,24)(H,25,26)(H,27,28)(H2,18,19,20). The van der Waals surface area contributed by atoms with E-state index < -0.39 is 51.8 Å². The van der Waals surface area contributed by atoms with Crippen LogP contribution in [0.1, 0.15) is 10.5 Å². The van der Waals surface area contributed by atoms with Gasteiger partial charge >= 0.3 is 5.97 Å². The average Bonchev–Trinajstić information content (AvgIpc) is 3.36. The number of anilines is 3. The molecule has 2 aromatic rings. The topological polar surface area (TPSA) is 156 Å². The van der Waals surface area contributed by atoms with Crippen LogP contribution in [0.25, 0.3) is 0 Å². The Morgan fingerprint density at radius 1 is 1.33 bits per heavy atom. The van der Waals surface area contributed by atoms with E-state index >= 15 is 0 Å². The number of amides is 1. The van der Waals surface area contributed by atoms with E-state index in [4.69, 9.17) is 5.11 Å². The fourth-order valence-corrected chi connectivity index (χ4v) is 4.02. The van der Waals surface area contributed by atoms with E-state index in [1.807, 2.05) is 0 Å². The summed E-state index contributed by atoms with van der Waals surface area (Å²) in [4.78, 5) is 30.7. The van der Waals surface area contributed by atoms with Crippen LogP contribution in [0.5, 0.6) is 0 Å². The third-order valence-corrected chi connectivity index (χ3v) is 5.33. The number of aromatic carboxylic acids is 1. The van der Waals surface area contributed by atoms with Gasteiger partial charge < -0.3 is 21.1 Å². The van der Waals surface area contributed by atoms with Gasteiger partial charge in [0, 0.05) is 18.7 Å². The highest BCUT2D eigenvalue weighted by atomic mass is 32.2. The van der Waals surface area contributed by atoms with Crippen molar-refractivity contribution < 1.29 is 32.2 Å². The number of nitrogens with zero attached hydrogens (tertiary/aromatic N) is 3. The lowest BCUT2D eigenvalue weighted by molar-refractivity contribution is -0.115. The Bertz CT molecular complexity index is 1050. The Morgan fingerprint density at radius 2 is 2.10 bits per heavy atom. The molecule has 3 rings (SSSR count). The van der Waals surface area contributed by atoms with Crippen molar-refractivity contribution in [1.29, 1.82) is 0 Å². The van der Waals surface area contributed by atoms with E-state index in [9.17, 15) is 27.1 Å². The Labute approximate surface area is 174 Å². The number of benzene rings is 1. The van der Waals surface area contributed by atoms with Gasteiger partial charge in [-0.25, -0.2) is 27.1 Å². The number of thiazole rings is 1. The number of hydrogen-bond acceptors (Lipinski definition) is 8. The molecule has 30 heavy (non-hydrogen) atoms.